The van der Waals surface area contributed by atoms with Gasteiger partial charge in [-0.1, -0.05) is 0 Å². The third-order valence-corrected chi connectivity index (χ3v) is 4.17. The molecule has 1 heterocycles. The Morgan fingerprint density at radius 1 is 1.35 bits per heavy atom. The highest BCUT2D eigenvalue weighted by Crippen LogP contribution is 2.46. The van der Waals surface area contributed by atoms with E-state index in [-0.39, 0.29) is 6.61 Å². The van der Waals surface area contributed by atoms with Crippen LogP contribution in [0.4, 0.5) is 0 Å². The van der Waals surface area contributed by atoms with E-state index >= 15 is 0 Å². The molecule has 3 nitrogen and oxygen atoms in total. The minimum Gasteiger partial charge on any atom is -0.488 e. The summed E-state index contributed by atoms with van der Waals surface area (Å²) in [5.41, 5.74) is 1.60. The smallest absolute Gasteiger partial charge is 0.143 e. The topological polar surface area (TPSA) is 42.4 Å². The van der Waals surface area contributed by atoms with Crippen LogP contribution in [0.5, 0.6) is 5.75 Å². The lowest BCUT2D eigenvalue weighted by Gasteiger charge is -2.24. The summed E-state index contributed by atoms with van der Waals surface area (Å²) >= 11 is 0. The summed E-state index contributed by atoms with van der Waals surface area (Å²) in [6.45, 7) is 1.89. The molecule has 17 heavy (non-hydrogen) atoms. The summed E-state index contributed by atoms with van der Waals surface area (Å²) in [7, 11) is 0. The summed E-state index contributed by atoms with van der Waals surface area (Å²) < 4.78 is 6.06. The molecule has 1 aromatic rings. The molecule has 2 bridgehead atoms. The van der Waals surface area contributed by atoms with Crippen molar-refractivity contribution in [3.05, 3.63) is 23.5 Å². The average Bonchev–Trinajstić information content (AvgIpc) is 2.93. The van der Waals surface area contributed by atoms with Crippen molar-refractivity contribution in [2.45, 2.75) is 45.3 Å². The molecular formula is C14H19NO2. The lowest BCUT2D eigenvalue weighted by Crippen LogP contribution is -2.24. The van der Waals surface area contributed by atoms with E-state index in [1.165, 1.54) is 25.7 Å². The first-order valence-electron chi connectivity index (χ1n) is 6.50. The molecule has 0 aromatic carbocycles. The molecule has 0 saturated heterocycles. The van der Waals surface area contributed by atoms with Crippen LogP contribution in [0.25, 0.3) is 0 Å². The van der Waals surface area contributed by atoms with E-state index in [1.807, 2.05) is 19.1 Å². The van der Waals surface area contributed by atoms with Gasteiger partial charge in [0.25, 0.3) is 0 Å². The lowest BCUT2D eigenvalue weighted by atomic mass is 9.98. The molecule has 2 aliphatic rings. The monoisotopic (exact) mass is 233 g/mol. The molecule has 0 radical (unpaired) electrons. The van der Waals surface area contributed by atoms with Gasteiger partial charge in [-0.3, -0.25) is 4.98 Å². The molecule has 0 amide bonds. The third kappa shape index (κ3) is 2.04. The van der Waals surface area contributed by atoms with Gasteiger partial charge in [0.15, 0.2) is 0 Å². The fraction of sp³-hybridized carbons (Fsp3) is 0.643. The number of nitrogens with zero attached hydrogens (tertiary/aromatic N) is 1. The van der Waals surface area contributed by atoms with E-state index in [1.54, 1.807) is 0 Å². The summed E-state index contributed by atoms with van der Waals surface area (Å²) in [6.07, 6.45) is 5.55. The van der Waals surface area contributed by atoms with E-state index < -0.39 is 0 Å². The number of aryl methyl sites for hydroxylation is 1. The van der Waals surface area contributed by atoms with Gasteiger partial charge in [0, 0.05) is 5.69 Å². The highest BCUT2D eigenvalue weighted by molar-refractivity contribution is 5.29. The van der Waals surface area contributed by atoms with Gasteiger partial charge in [-0.25, -0.2) is 0 Å². The molecule has 3 rings (SSSR count). The normalized spacial score (nSPS) is 30.8. The number of aliphatic hydroxyl groups excluding tert-OH is 1. The Morgan fingerprint density at radius 3 is 2.88 bits per heavy atom. The number of rotatable bonds is 3. The first-order chi connectivity index (χ1) is 8.26. The van der Waals surface area contributed by atoms with Gasteiger partial charge in [0.2, 0.25) is 0 Å². The Hall–Kier alpha value is -1.09. The molecule has 2 fully saturated rings. The maximum absolute atomic E-state index is 9.31. The molecule has 3 heteroatoms. The summed E-state index contributed by atoms with van der Waals surface area (Å²) in [6, 6.07) is 3.89. The first kappa shape index (κ1) is 11.0. The molecule has 3 atom stereocenters. The second-order valence-electron chi connectivity index (χ2n) is 5.39. The zero-order valence-electron chi connectivity index (χ0n) is 10.2. The van der Waals surface area contributed by atoms with Crippen molar-refractivity contribution in [3.8, 4) is 5.75 Å². The van der Waals surface area contributed by atoms with E-state index in [4.69, 9.17) is 4.74 Å². The second kappa shape index (κ2) is 4.30. The minimum atomic E-state index is -0.0438. The lowest BCUT2D eigenvalue weighted by molar-refractivity contribution is 0.133. The van der Waals surface area contributed by atoms with Crippen LogP contribution in [-0.4, -0.2) is 16.2 Å². The number of aromatic nitrogens is 1. The highest BCUT2D eigenvalue weighted by atomic mass is 16.5. The van der Waals surface area contributed by atoms with Crippen LogP contribution in [0.2, 0.25) is 0 Å². The van der Waals surface area contributed by atoms with Crippen LogP contribution >= 0.6 is 0 Å². The van der Waals surface area contributed by atoms with Gasteiger partial charge in [-0.2, -0.15) is 0 Å². The van der Waals surface area contributed by atoms with Crippen molar-refractivity contribution < 1.29 is 9.84 Å². The van der Waals surface area contributed by atoms with Crippen molar-refractivity contribution in [2.24, 2.45) is 11.8 Å². The van der Waals surface area contributed by atoms with Crippen LogP contribution in [0.3, 0.4) is 0 Å². The van der Waals surface area contributed by atoms with E-state index in [0.717, 1.165) is 23.3 Å². The molecule has 1 aromatic heterocycles. The number of aliphatic hydroxyl groups is 1. The summed E-state index contributed by atoms with van der Waals surface area (Å²) in [5, 5.41) is 9.31. The predicted octanol–water partition coefficient (Wildman–Crippen LogP) is 2.45. The van der Waals surface area contributed by atoms with Gasteiger partial charge in [0.1, 0.15) is 17.5 Å². The van der Waals surface area contributed by atoms with E-state index in [2.05, 4.69) is 4.98 Å². The molecule has 1 N–H and O–H groups in total. The van der Waals surface area contributed by atoms with Crippen molar-refractivity contribution in [1.82, 2.24) is 4.98 Å². The molecular weight excluding hydrogens is 214 g/mol. The molecule has 0 aliphatic heterocycles. The van der Waals surface area contributed by atoms with Gasteiger partial charge < -0.3 is 9.84 Å². The Balaban J connectivity index is 1.76. The van der Waals surface area contributed by atoms with Gasteiger partial charge >= 0.3 is 0 Å². The Morgan fingerprint density at radius 2 is 2.24 bits per heavy atom. The summed E-state index contributed by atoms with van der Waals surface area (Å²) in [4.78, 5) is 4.32. The van der Waals surface area contributed by atoms with Crippen LogP contribution in [0.15, 0.2) is 12.1 Å². The maximum atomic E-state index is 9.31. The van der Waals surface area contributed by atoms with Crippen molar-refractivity contribution in [2.75, 3.05) is 0 Å². The maximum Gasteiger partial charge on any atom is 0.143 e. The molecule has 0 spiro atoms. The van der Waals surface area contributed by atoms with Crippen LogP contribution in [0.1, 0.15) is 37.1 Å². The summed E-state index contributed by atoms with van der Waals surface area (Å²) in [5.74, 6) is 2.38. The molecule has 2 aliphatic carbocycles. The number of hydrogen-bond donors (Lipinski definition) is 1. The third-order valence-electron chi connectivity index (χ3n) is 4.17. The number of pyridine rings is 1. The van der Waals surface area contributed by atoms with E-state index in [9.17, 15) is 5.11 Å². The van der Waals surface area contributed by atoms with Crippen molar-refractivity contribution >= 4 is 0 Å². The largest absolute Gasteiger partial charge is 0.488 e. The minimum absolute atomic E-state index is 0.0438. The number of fused-ring (bicyclic) bond motifs is 2. The predicted molar refractivity (Wildman–Crippen MR) is 64.8 cm³/mol. The van der Waals surface area contributed by atoms with Gasteiger partial charge in [-0.15, -0.1) is 0 Å². The Kier molecular flexibility index (Phi) is 2.79. The highest BCUT2D eigenvalue weighted by Gasteiger charge is 2.41. The van der Waals surface area contributed by atoms with Crippen molar-refractivity contribution in [1.29, 1.82) is 0 Å². The SMILES string of the molecule is Cc1ccc(OC2CC3CCC2C3)c(CO)n1. The average molecular weight is 233 g/mol. The number of ether oxygens (including phenoxy) is 1. The van der Waals surface area contributed by atoms with Crippen LogP contribution in [0, 0.1) is 18.8 Å². The molecule has 3 unspecified atom stereocenters. The standard InChI is InChI=1S/C14H19NO2/c1-9-2-5-13(12(8-16)15-9)17-14-7-10-3-4-11(14)6-10/h2,5,10-11,14,16H,3-4,6-8H2,1H3. The zero-order valence-corrected chi connectivity index (χ0v) is 10.2. The molecule has 2 saturated carbocycles. The molecule has 92 valence electrons. The number of hydrogen-bond acceptors (Lipinski definition) is 3. The van der Waals surface area contributed by atoms with Gasteiger partial charge in [0.05, 0.1) is 6.61 Å². The van der Waals surface area contributed by atoms with Gasteiger partial charge in [-0.05, 0) is 56.6 Å². The Labute approximate surface area is 102 Å². The Bertz CT molecular complexity index is 419. The second-order valence-corrected chi connectivity index (χ2v) is 5.39. The van der Waals surface area contributed by atoms with E-state index in [0.29, 0.717) is 11.8 Å². The fourth-order valence-corrected chi connectivity index (χ4v) is 3.31. The van der Waals surface area contributed by atoms with Crippen LogP contribution < -0.4 is 4.74 Å². The van der Waals surface area contributed by atoms with Crippen LogP contribution in [-0.2, 0) is 6.61 Å². The quantitative estimate of drug-likeness (QED) is 0.872. The van der Waals surface area contributed by atoms with Crippen molar-refractivity contribution in [3.63, 3.8) is 0 Å². The first-order valence-corrected chi connectivity index (χ1v) is 6.50. The fourth-order valence-electron chi connectivity index (χ4n) is 3.31. The zero-order chi connectivity index (χ0) is 11.8.